The number of nitrogens with zero attached hydrogens (tertiary/aromatic N) is 2. The molecule has 1 N–H and O–H groups in total. The van der Waals surface area contributed by atoms with E-state index in [0.29, 0.717) is 13.0 Å². The van der Waals surface area contributed by atoms with Crippen molar-refractivity contribution in [2.24, 2.45) is 0 Å². The summed E-state index contributed by atoms with van der Waals surface area (Å²) in [5.74, 6) is 1.42. The van der Waals surface area contributed by atoms with Crippen LogP contribution in [0, 0.1) is 13.8 Å². The first-order valence-corrected chi connectivity index (χ1v) is 11.4. The van der Waals surface area contributed by atoms with Crippen LogP contribution in [0.2, 0.25) is 0 Å². The van der Waals surface area contributed by atoms with E-state index in [-0.39, 0.29) is 17.5 Å². The predicted octanol–water partition coefficient (Wildman–Crippen LogP) is 1.47. The van der Waals surface area contributed by atoms with Gasteiger partial charge in [0.2, 0.25) is 0 Å². The molecule has 7 heteroatoms. The normalized spacial score (nSPS) is 19.9. The molecule has 2 atom stereocenters. The Morgan fingerprint density at radius 1 is 1.26 bits per heavy atom. The van der Waals surface area contributed by atoms with Gasteiger partial charge in [0.15, 0.2) is 9.84 Å². The lowest BCUT2D eigenvalue weighted by Gasteiger charge is -2.17. The third-order valence-corrected chi connectivity index (χ3v) is 7.02. The van der Waals surface area contributed by atoms with Crippen LogP contribution in [0.5, 0.6) is 5.75 Å². The SMILES string of the molecule is CCOc1ccccc1C[NH+](C)Cc1c(C)nn([C@@H]2CCS(=O)(=O)C2)c1C. The number of sulfone groups is 1. The zero-order valence-corrected chi connectivity index (χ0v) is 17.5. The molecular formula is C20H30N3O3S+. The third-order valence-electron chi connectivity index (χ3n) is 5.27. The number of aromatic nitrogens is 2. The standard InChI is InChI=1S/C20H29N3O3S/c1-5-26-20-9-7-6-8-17(20)12-22(4)13-19-15(2)21-23(16(19)3)18-10-11-27(24,25)14-18/h6-9,18H,5,10-14H2,1-4H3/p+1/t18-/m1/s1. The summed E-state index contributed by atoms with van der Waals surface area (Å²) in [4.78, 5) is 1.34. The van der Waals surface area contributed by atoms with Gasteiger partial charge >= 0.3 is 0 Å². The Morgan fingerprint density at radius 3 is 2.67 bits per heavy atom. The van der Waals surface area contributed by atoms with E-state index in [1.54, 1.807) is 0 Å². The summed E-state index contributed by atoms with van der Waals surface area (Å²) < 4.78 is 31.3. The van der Waals surface area contributed by atoms with Crippen LogP contribution in [0.4, 0.5) is 0 Å². The second-order valence-corrected chi connectivity index (χ2v) is 9.73. The highest BCUT2D eigenvalue weighted by molar-refractivity contribution is 7.91. The van der Waals surface area contributed by atoms with E-state index in [4.69, 9.17) is 4.74 Å². The first-order chi connectivity index (χ1) is 12.8. The first kappa shape index (κ1) is 19.9. The lowest BCUT2D eigenvalue weighted by molar-refractivity contribution is -0.907. The van der Waals surface area contributed by atoms with Crippen molar-refractivity contribution in [3.05, 3.63) is 46.8 Å². The molecule has 0 spiro atoms. The van der Waals surface area contributed by atoms with Crippen molar-refractivity contribution in [2.45, 2.75) is 46.3 Å². The van der Waals surface area contributed by atoms with Gasteiger partial charge in [0.1, 0.15) is 18.8 Å². The first-order valence-electron chi connectivity index (χ1n) is 9.57. The number of rotatable bonds is 7. The lowest BCUT2D eigenvalue weighted by atomic mass is 10.1. The fourth-order valence-corrected chi connectivity index (χ4v) is 5.60. The quantitative estimate of drug-likeness (QED) is 0.775. The summed E-state index contributed by atoms with van der Waals surface area (Å²) in [6, 6.07) is 8.14. The van der Waals surface area contributed by atoms with Gasteiger partial charge in [0.05, 0.1) is 42.5 Å². The van der Waals surface area contributed by atoms with E-state index in [2.05, 4.69) is 25.1 Å². The van der Waals surface area contributed by atoms with Crippen LogP contribution in [0.3, 0.4) is 0 Å². The molecule has 27 heavy (non-hydrogen) atoms. The molecule has 148 valence electrons. The Morgan fingerprint density at radius 2 is 2.00 bits per heavy atom. The molecule has 2 heterocycles. The van der Waals surface area contributed by atoms with Crippen molar-refractivity contribution in [3.63, 3.8) is 0 Å². The van der Waals surface area contributed by atoms with Crippen LogP contribution in [0.25, 0.3) is 0 Å². The summed E-state index contributed by atoms with van der Waals surface area (Å²) in [5.41, 5.74) is 4.49. The number of hydrogen-bond acceptors (Lipinski definition) is 4. The minimum atomic E-state index is -2.92. The molecule has 1 aliphatic heterocycles. The fourth-order valence-electron chi connectivity index (χ4n) is 3.91. The average Bonchev–Trinajstić information content (AvgIpc) is 3.10. The van der Waals surface area contributed by atoms with Crippen molar-refractivity contribution in [2.75, 3.05) is 25.2 Å². The molecule has 0 radical (unpaired) electrons. The molecule has 1 aromatic carbocycles. The largest absolute Gasteiger partial charge is 0.493 e. The average molecular weight is 393 g/mol. The summed E-state index contributed by atoms with van der Waals surface area (Å²) in [6.07, 6.45) is 0.661. The lowest BCUT2D eigenvalue weighted by Crippen LogP contribution is -3.06. The minimum Gasteiger partial charge on any atom is -0.493 e. The smallest absolute Gasteiger partial charge is 0.152 e. The number of benzene rings is 1. The van der Waals surface area contributed by atoms with E-state index in [1.807, 2.05) is 36.7 Å². The van der Waals surface area contributed by atoms with Gasteiger partial charge in [-0.2, -0.15) is 5.10 Å². The highest BCUT2D eigenvalue weighted by atomic mass is 32.2. The topological polar surface area (TPSA) is 65.6 Å². The zero-order chi connectivity index (χ0) is 19.6. The maximum Gasteiger partial charge on any atom is 0.152 e. The molecule has 0 aliphatic carbocycles. The number of para-hydroxylation sites is 1. The van der Waals surface area contributed by atoms with Crippen LogP contribution in [0.1, 0.15) is 41.9 Å². The molecule has 1 unspecified atom stereocenters. The third kappa shape index (κ3) is 4.52. The van der Waals surface area contributed by atoms with Crippen molar-refractivity contribution in [1.82, 2.24) is 9.78 Å². The van der Waals surface area contributed by atoms with Crippen molar-refractivity contribution in [1.29, 1.82) is 0 Å². The summed E-state index contributed by atoms with van der Waals surface area (Å²) in [6.45, 7) is 8.43. The maximum atomic E-state index is 11.8. The Kier molecular flexibility index (Phi) is 5.91. The van der Waals surface area contributed by atoms with Crippen LogP contribution in [-0.2, 0) is 22.9 Å². The van der Waals surface area contributed by atoms with Gasteiger partial charge in [-0.3, -0.25) is 4.68 Å². The van der Waals surface area contributed by atoms with Gasteiger partial charge in [-0.05, 0) is 39.3 Å². The van der Waals surface area contributed by atoms with Crippen molar-refractivity contribution >= 4 is 9.84 Å². The zero-order valence-electron chi connectivity index (χ0n) is 16.7. The fraction of sp³-hybridized carbons (Fsp3) is 0.550. The summed E-state index contributed by atoms with van der Waals surface area (Å²) >= 11 is 0. The van der Waals surface area contributed by atoms with Gasteiger partial charge < -0.3 is 9.64 Å². The Hall–Kier alpha value is -1.86. The molecule has 2 aromatic rings. The Balaban J connectivity index is 1.74. The molecule has 1 saturated heterocycles. The predicted molar refractivity (Wildman–Crippen MR) is 106 cm³/mol. The second kappa shape index (κ2) is 8.02. The second-order valence-electron chi connectivity index (χ2n) is 7.50. The summed E-state index contributed by atoms with van der Waals surface area (Å²) in [7, 11) is -0.752. The highest BCUT2D eigenvalue weighted by Gasteiger charge is 2.31. The van der Waals surface area contributed by atoms with Crippen molar-refractivity contribution in [3.8, 4) is 5.75 Å². The number of nitrogens with one attached hydrogen (secondary N) is 1. The molecule has 1 aromatic heterocycles. The number of hydrogen-bond donors (Lipinski definition) is 1. The Labute approximate surface area is 162 Å². The molecule has 1 fully saturated rings. The van der Waals surface area contributed by atoms with Gasteiger partial charge in [0, 0.05) is 11.3 Å². The van der Waals surface area contributed by atoms with Crippen LogP contribution < -0.4 is 9.64 Å². The number of aryl methyl sites for hydroxylation is 1. The summed E-state index contributed by atoms with van der Waals surface area (Å²) in [5, 5.41) is 4.68. The van der Waals surface area contributed by atoms with Crippen LogP contribution >= 0.6 is 0 Å². The minimum absolute atomic E-state index is 0.0264. The molecular weight excluding hydrogens is 362 g/mol. The molecule has 0 saturated carbocycles. The van der Waals surface area contributed by atoms with Gasteiger partial charge in [-0.1, -0.05) is 12.1 Å². The van der Waals surface area contributed by atoms with E-state index < -0.39 is 9.84 Å². The van der Waals surface area contributed by atoms with Gasteiger partial charge in [-0.25, -0.2) is 8.42 Å². The van der Waals surface area contributed by atoms with Gasteiger partial charge in [-0.15, -0.1) is 0 Å². The van der Waals surface area contributed by atoms with E-state index >= 15 is 0 Å². The molecule has 1 aliphatic rings. The monoisotopic (exact) mass is 392 g/mol. The molecule has 6 nitrogen and oxygen atoms in total. The number of quaternary nitrogens is 1. The molecule has 0 bridgehead atoms. The van der Waals surface area contributed by atoms with Crippen molar-refractivity contribution < 1.29 is 18.1 Å². The Bertz CT molecular complexity index is 905. The maximum absolute atomic E-state index is 11.8. The van der Waals surface area contributed by atoms with E-state index in [1.165, 1.54) is 16.0 Å². The van der Waals surface area contributed by atoms with Gasteiger partial charge in [0.25, 0.3) is 0 Å². The molecule has 0 amide bonds. The van der Waals surface area contributed by atoms with Crippen LogP contribution in [-0.4, -0.2) is 43.4 Å². The van der Waals surface area contributed by atoms with E-state index in [0.717, 1.165) is 30.2 Å². The van der Waals surface area contributed by atoms with Crippen LogP contribution in [0.15, 0.2) is 24.3 Å². The van der Waals surface area contributed by atoms with E-state index in [9.17, 15) is 8.42 Å². The number of ether oxygens (including phenoxy) is 1. The molecule has 3 rings (SSSR count). The highest BCUT2D eigenvalue weighted by Crippen LogP contribution is 2.26.